The fraction of sp³-hybridized carbons (Fsp3) is 1.00. The Kier molecular flexibility index (Phi) is 37.3. The van der Waals surface area contributed by atoms with E-state index in [1.807, 2.05) is 0 Å². The van der Waals surface area contributed by atoms with Gasteiger partial charge in [0.1, 0.15) is 0 Å². The van der Waals surface area contributed by atoms with Crippen molar-refractivity contribution in [3.8, 4) is 0 Å². The molecule has 0 heterocycles. The predicted molar refractivity (Wildman–Crippen MR) is 42.6 cm³/mol. The second-order valence-electron chi connectivity index (χ2n) is 0.931. The molecule has 0 unspecified atom stereocenters. The average Bonchev–Trinajstić information content (AvgIpc) is 1.41. The molecule has 0 aliphatic heterocycles. The zero-order valence-corrected chi connectivity index (χ0v) is 3.28. The Morgan fingerprint density at radius 2 is 1.14 bits per heavy atom. The molecule has 2 nitrogen and oxygen atoms in total. The normalized spacial score (nSPS) is 6.00. The minimum absolute atomic E-state index is 0. The van der Waals surface area contributed by atoms with Crippen LogP contribution in [0.25, 0.3) is 0 Å². The molecule has 0 rings (SSSR count). The first-order valence-electron chi connectivity index (χ1n) is 1.82. The van der Waals surface area contributed by atoms with Crippen LogP contribution in [0.15, 0.2) is 0 Å². The van der Waals surface area contributed by atoms with Crippen molar-refractivity contribution in [1.29, 1.82) is 0 Å². The second-order valence-corrected chi connectivity index (χ2v) is 0.931. The Morgan fingerprint density at radius 1 is 0.857 bits per heavy atom. The molecule has 0 saturated heterocycles. The summed E-state index contributed by atoms with van der Waals surface area (Å²) in [6.07, 6.45) is 0.944. The molecule has 4 heteroatoms. The van der Waals surface area contributed by atoms with Gasteiger partial charge in [-0.3, -0.25) is 0 Å². The number of nitrogens with two attached hydrogens (primary N) is 2. The lowest BCUT2D eigenvalue weighted by atomic mass is 10.4. The quantitative estimate of drug-likeness (QED) is 0.363. The Hall–Kier alpha value is 0.0499. The van der Waals surface area contributed by atoms with Crippen LogP contribution in [0.4, 0.5) is 0 Å². The smallest absolute Gasteiger partial charge is 0.0814 e. The first-order chi connectivity index (χ1) is 2.41. The molecule has 0 amide bonds. The number of rotatable bonds is 2. The molecule has 0 aromatic heterocycles. The maximum absolute atomic E-state index is 5.06. The largest absolute Gasteiger partial charge is 0.330 e. The Balaban J connectivity index is -0.0000000800. The van der Waals surface area contributed by atoms with Crippen molar-refractivity contribution >= 4 is 16.8 Å². The van der Waals surface area contributed by atoms with Gasteiger partial charge in [0, 0.05) is 0 Å². The van der Waals surface area contributed by atoms with Gasteiger partial charge < -0.3 is 11.5 Å². The van der Waals surface area contributed by atoms with Gasteiger partial charge in [0.2, 0.25) is 0 Å². The van der Waals surface area contributed by atoms with Gasteiger partial charge >= 0.3 is 0 Å². The van der Waals surface area contributed by atoms with Crippen molar-refractivity contribution in [1.82, 2.24) is 0 Å². The molecule has 4 N–H and O–H groups in total. The van der Waals surface area contributed by atoms with Crippen molar-refractivity contribution in [2.75, 3.05) is 13.1 Å². The van der Waals surface area contributed by atoms with Crippen LogP contribution in [-0.4, -0.2) is 29.9 Å². The molecule has 0 aliphatic rings. The molecule has 0 radical (unpaired) electrons. The van der Waals surface area contributed by atoms with Crippen LogP contribution in [0.2, 0.25) is 0 Å². The van der Waals surface area contributed by atoms with E-state index in [9.17, 15) is 0 Å². The molecule has 0 spiro atoms. The standard InChI is InChI=1S/C3H10N2.2BH3/c4-2-1-3-5;;/h1-5H2;2*1H3. The molecule has 0 aromatic carbocycles. The molecular formula is C3H16B2N2. The summed E-state index contributed by atoms with van der Waals surface area (Å²) in [6.45, 7) is 1.44. The molecule has 0 atom stereocenters. The molecule has 44 valence electrons. The van der Waals surface area contributed by atoms with Crippen molar-refractivity contribution in [2.24, 2.45) is 11.5 Å². The Labute approximate surface area is 48.8 Å². The maximum Gasteiger partial charge on any atom is 0.0814 e. The molecule has 0 saturated carbocycles. The Bertz CT molecular complexity index is 18.4. The van der Waals surface area contributed by atoms with Crippen LogP contribution in [-0.2, 0) is 0 Å². The van der Waals surface area contributed by atoms with Crippen LogP contribution >= 0.6 is 0 Å². The van der Waals surface area contributed by atoms with Crippen LogP contribution in [0.1, 0.15) is 6.42 Å². The summed E-state index contributed by atoms with van der Waals surface area (Å²) in [5.41, 5.74) is 10.1. The highest BCUT2D eigenvalue weighted by Crippen LogP contribution is 1.58. The van der Waals surface area contributed by atoms with Crippen molar-refractivity contribution < 1.29 is 0 Å². The minimum Gasteiger partial charge on any atom is -0.330 e. The van der Waals surface area contributed by atoms with Crippen LogP contribution in [0, 0.1) is 0 Å². The highest BCUT2D eigenvalue weighted by Gasteiger charge is 1.67. The topological polar surface area (TPSA) is 52.0 Å². The van der Waals surface area contributed by atoms with Gasteiger partial charge in [0.15, 0.2) is 0 Å². The van der Waals surface area contributed by atoms with Gasteiger partial charge in [-0.05, 0) is 19.5 Å². The van der Waals surface area contributed by atoms with Gasteiger partial charge in [0.05, 0.1) is 16.8 Å². The summed E-state index contributed by atoms with van der Waals surface area (Å²) in [4.78, 5) is 0. The summed E-state index contributed by atoms with van der Waals surface area (Å²) in [5.74, 6) is 0. The monoisotopic (exact) mass is 102 g/mol. The van der Waals surface area contributed by atoms with E-state index in [2.05, 4.69) is 0 Å². The van der Waals surface area contributed by atoms with E-state index in [0.717, 1.165) is 19.5 Å². The molecule has 0 aromatic rings. The van der Waals surface area contributed by atoms with Crippen molar-refractivity contribution in [2.45, 2.75) is 6.42 Å². The van der Waals surface area contributed by atoms with E-state index in [4.69, 9.17) is 11.5 Å². The van der Waals surface area contributed by atoms with E-state index >= 15 is 0 Å². The third kappa shape index (κ3) is 23.6. The lowest BCUT2D eigenvalue weighted by Gasteiger charge is -1.81. The summed E-state index contributed by atoms with van der Waals surface area (Å²) in [5, 5.41) is 0. The van der Waals surface area contributed by atoms with Gasteiger partial charge in [-0.1, -0.05) is 0 Å². The van der Waals surface area contributed by atoms with E-state index in [1.54, 1.807) is 0 Å². The van der Waals surface area contributed by atoms with Crippen LogP contribution in [0.5, 0.6) is 0 Å². The summed E-state index contributed by atoms with van der Waals surface area (Å²) >= 11 is 0. The van der Waals surface area contributed by atoms with E-state index in [-0.39, 0.29) is 16.8 Å². The first kappa shape index (κ1) is 15.7. The Morgan fingerprint density at radius 3 is 1.14 bits per heavy atom. The maximum atomic E-state index is 5.06. The fourth-order valence-corrected chi connectivity index (χ4v) is 0.118. The summed E-state index contributed by atoms with van der Waals surface area (Å²) in [7, 11) is 0. The fourth-order valence-electron chi connectivity index (χ4n) is 0.118. The van der Waals surface area contributed by atoms with E-state index < -0.39 is 0 Å². The summed E-state index contributed by atoms with van der Waals surface area (Å²) in [6, 6.07) is 0. The van der Waals surface area contributed by atoms with E-state index in [1.165, 1.54) is 0 Å². The van der Waals surface area contributed by atoms with Crippen LogP contribution in [0.3, 0.4) is 0 Å². The number of hydrogen-bond donors (Lipinski definition) is 2. The molecule has 7 heavy (non-hydrogen) atoms. The van der Waals surface area contributed by atoms with Crippen molar-refractivity contribution in [3.05, 3.63) is 0 Å². The molecular weight excluding hydrogens is 85.7 g/mol. The second kappa shape index (κ2) is 16.6. The minimum atomic E-state index is 0. The zero-order valence-electron chi connectivity index (χ0n) is 3.28. The molecule has 0 bridgehead atoms. The lowest BCUT2D eigenvalue weighted by Crippen LogP contribution is -2.06. The molecule has 0 aliphatic carbocycles. The van der Waals surface area contributed by atoms with Gasteiger partial charge in [-0.2, -0.15) is 0 Å². The van der Waals surface area contributed by atoms with Crippen LogP contribution < -0.4 is 11.5 Å². The zero-order chi connectivity index (χ0) is 4.12. The highest BCUT2D eigenvalue weighted by atomic mass is 14.6. The lowest BCUT2D eigenvalue weighted by molar-refractivity contribution is 0.844. The summed E-state index contributed by atoms with van der Waals surface area (Å²) < 4.78 is 0. The van der Waals surface area contributed by atoms with Crippen molar-refractivity contribution in [3.63, 3.8) is 0 Å². The predicted octanol–water partition coefficient (Wildman–Crippen LogP) is -3.07. The first-order valence-corrected chi connectivity index (χ1v) is 1.82. The van der Waals surface area contributed by atoms with Gasteiger partial charge in [0.25, 0.3) is 0 Å². The number of hydrogen-bond acceptors (Lipinski definition) is 2. The third-order valence-corrected chi connectivity index (χ3v) is 0.408. The molecule has 0 fully saturated rings. The average molecular weight is 102 g/mol. The van der Waals surface area contributed by atoms with E-state index in [0.29, 0.717) is 0 Å². The van der Waals surface area contributed by atoms with Gasteiger partial charge in [-0.15, -0.1) is 0 Å². The highest BCUT2D eigenvalue weighted by molar-refractivity contribution is 5.76. The SMILES string of the molecule is B.B.NCCCN. The third-order valence-electron chi connectivity index (χ3n) is 0.408. The van der Waals surface area contributed by atoms with Gasteiger partial charge in [-0.25, -0.2) is 0 Å².